The van der Waals surface area contributed by atoms with E-state index in [1.54, 1.807) is 18.2 Å². The van der Waals surface area contributed by atoms with Crippen molar-refractivity contribution in [3.8, 4) is 0 Å². The fraction of sp³-hybridized carbons (Fsp3) is 0.267. The molecular formula is C15H17N5O2S3. The molecule has 1 aliphatic heterocycles. The summed E-state index contributed by atoms with van der Waals surface area (Å²) in [5, 5.41) is 3.81. The molecule has 2 aromatic rings. The van der Waals surface area contributed by atoms with Gasteiger partial charge in [0, 0.05) is 42.7 Å². The fourth-order valence-corrected chi connectivity index (χ4v) is 4.38. The molecule has 2 heterocycles. The first-order valence-electron chi connectivity index (χ1n) is 7.58. The highest BCUT2D eigenvalue weighted by Crippen LogP contribution is 2.17. The number of benzene rings is 1. The average Bonchev–Trinajstić information content (AvgIpc) is 2.63. The van der Waals surface area contributed by atoms with Gasteiger partial charge in [-0.1, -0.05) is 0 Å². The highest BCUT2D eigenvalue weighted by molar-refractivity contribution is 7.99. The molecule has 3 rings (SSSR count). The van der Waals surface area contributed by atoms with Crippen LogP contribution in [0.2, 0.25) is 0 Å². The van der Waals surface area contributed by atoms with E-state index in [0.29, 0.717) is 5.11 Å². The van der Waals surface area contributed by atoms with Gasteiger partial charge in [0.05, 0.1) is 4.90 Å². The SMILES string of the molecule is O=S(=O)(Nc1ncccn1)c1ccc(NC(=S)N2CCSCC2)cc1. The van der Waals surface area contributed by atoms with Crippen molar-refractivity contribution in [3.63, 3.8) is 0 Å². The summed E-state index contributed by atoms with van der Waals surface area (Å²) in [5.74, 6) is 2.16. The molecule has 2 N–H and O–H groups in total. The number of hydrogen-bond donors (Lipinski definition) is 2. The molecule has 0 radical (unpaired) electrons. The number of sulfonamides is 1. The third-order valence-electron chi connectivity index (χ3n) is 3.51. The molecule has 0 aliphatic carbocycles. The number of rotatable bonds is 4. The van der Waals surface area contributed by atoms with Gasteiger partial charge in [0.15, 0.2) is 5.11 Å². The summed E-state index contributed by atoms with van der Waals surface area (Å²) in [7, 11) is -3.73. The van der Waals surface area contributed by atoms with E-state index in [1.165, 1.54) is 24.5 Å². The summed E-state index contributed by atoms with van der Waals surface area (Å²) in [4.78, 5) is 9.97. The van der Waals surface area contributed by atoms with E-state index in [2.05, 4.69) is 24.9 Å². The van der Waals surface area contributed by atoms with Crippen LogP contribution < -0.4 is 10.0 Å². The maximum absolute atomic E-state index is 12.3. The summed E-state index contributed by atoms with van der Waals surface area (Å²) in [6, 6.07) is 8.02. The number of nitrogens with zero attached hydrogens (tertiary/aromatic N) is 3. The minimum atomic E-state index is -3.73. The van der Waals surface area contributed by atoms with Crippen molar-refractivity contribution in [1.29, 1.82) is 0 Å². The van der Waals surface area contributed by atoms with E-state index in [-0.39, 0.29) is 10.8 Å². The topological polar surface area (TPSA) is 87.2 Å². The molecule has 1 aliphatic rings. The van der Waals surface area contributed by atoms with E-state index < -0.39 is 10.0 Å². The van der Waals surface area contributed by atoms with E-state index in [1.807, 2.05) is 11.8 Å². The molecule has 1 aromatic carbocycles. The molecule has 0 atom stereocenters. The number of thiocarbonyl (C=S) groups is 1. The summed E-state index contributed by atoms with van der Waals surface area (Å²) < 4.78 is 27.0. The van der Waals surface area contributed by atoms with Gasteiger partial charge in [0.1, 0.15) is 0 Å². The zero-order valence-corrected chi connectivity index (χ0v) is 15.7. The van der Waals surface area contributed by atoms with Gasteiger partial charge < -0.3 is 10.2 Å². The van der Waals surface area contributed by atoms with Gasteiger partial charge in [-0.15, -0.1) is 0 Å². The lowest BCUT2D eigenvalue weighted by Gasteiger charge is -2.29. The van der Waals surface area contributed by atoms with Crippen LogP contribution in [0.5, 0.6) is 0 Å². The third kappa shape index (κ3) is 4.80. The molecule has 1 fully saturated rings. The average molecular weight is 396 g/mol. The van der Waals surface area contributed by atoms with Crippen molar-refractivity contribution < 1.29 is 8.42 Å². The van der Waals surface area contributed by atoms with Gasteiger partial charge in [-0.2, -0.15) is 11.8 Å². The molecule has 0 spiro atoms. The van der Waals surface area contributed by atoms with Crippen LogP contribution in [0.1, 0.15) is 0 Å². The van der Waals surface area contributed by atoms with Gasteiger partial charge in [0.2, 0.25) is 5.95 Å². The lowest BCUT2D eigenvalue weighted by Crippen LogP contribution is -2.40. The number of nitrogens with one attached hydrogen (secondary N) is 2. The van der Waals surface area contributed by atoms with E-state index in [4.69, 9.17) is 12.2 Å². The zero-order valence-electron chi connectivity index (χ0n) is 13.3. The van der Waals surface area contributed by atoms with Crippen LogP contribution in [0.4, 0.5) is 11.6 Å². The maximum Gasteiger partial charge on any atom is 0.264 e. The Morgan fingerprint density at radius 3 is 2.40 bits per heavy atom. The Bertz CT molecular complexity index is 822. The smallest absolute Gasteiger partial charge is 0.264 e. The van der Waals surface area contributed by atoms with Crippen molar-refractivity contribution in [2.45, 2.75) is 4.90 Å². The number of thioether (sulfide) groups is 1. The normalized spacial score (nSPS) is 14.8. The monoisotopic (exact) mass is 395 g/mol. The Labute approximate surface area is 156 Å². The Morgan fingerprint density at radius 1 is 1.12 bits per heavy atom. The number of aromatic nitrogens is 2. The lowest BCUT2D eigenvalue weighted by atomic mass is 10.3. The van der Waals surface area contributed by atoms with Crippen molar-refractivity contribution in [3.05, 3.63) is 42.7 Å². The van der Waals surface area contributed by atoms with E-state index in [9.17, 15) is 8.42 Å². The maximum atomic E-state index is 12.3. The first-order chi connectivity index (χ1) is 12.0. The van der Waals surface area contributed by atoms with Crippen LogP contribution in [-0.2, 0) is 10.0 Å². The van der Waals surface area contributed by atoms with Gasteiger partial charge in [-0.05, 0) is 42.5 Å². The number of hydrogen-bond acceptors (Lipinski definition) is 6. The van der Waals surface area contributed by atoms with Crippen LogP contribution in [-0.4, -0.2) is 53.0 Å². The molecule has 132 valence electrons. The van der Waals surface area contributed by atoms with Crippen molar-refractivity contribution >= 4 is 50.8 Å². The molecule has 7 nitrogen and oxygen atoms in total. The highest BCUT2D eigenvalue weighted by atomic mass is 32.2. The predicted molar refractivity (Wildman–Crippen MR) is 104 cm³/mol. The Morgan fingerprint density at radius 2 is 1.76 bits per heavy atom. The standard InChI is InChI=1S/C15H17N5O2S3/c21-25(22,19-14-16-6-1-7-17-14)13-4-2-12(3-5-13)18-15(23)20-8-10-24-11-9-20/h1-7H,8-11H2,(H,18,23)(H,16,17,19). The second kappa shape index (κ2) is 7.98. The molecule has 1 saturated heterocycles. The second-order valence-electron chi connectivity index (χ2n) is 5.23. The first kappa shape index (κ1) is 17.9. The highest BCUT2D eigenvalue weighted by Gasteiger charge is 2.16. The van der Waals surface area contributed by atoms with Gasteiger partial charge in [0.25, 0.3) is 10.0 Å². The molecule has 0 amide bonds. The van der Waals surface area contributed by atoms with Gasteiger partial charge in [-0.25, -0.2) is 23.1 Å². The predicted octanol–water partition coefficient (Wildman–Crippen LogP) is 2.02. The molecule has 10 heteroatoms. The molecule has 1 aromatic heterocycles. The van der Waals surface area contributed by atoms with Crippen LogP contribution in [0.3, 0.4) is 0 Å². The van der Waals surface area contributed by atoms with Crippen LogP contribution in [0, 0.1) is 0 Å². The molecular weight excluding hydrogens is 378 g/mol. The van der Waals surface area contributed by atoms with Crippen LogP contribution in [0.25, 0.3) is 0 Å². The Kier molecular flexibility index (Phi) is 5.71. The van der Waals surface area contributed by atoms with Crippen LogP contribution in [0.15, 0.2) is 47.6 Å². The minimum absolute atomic E-state index is 0.0360. The van der Waals surface area contributed by atoms with Gasteiger partial charge in [-0.3, -0.25) is 0 Å². The molecule has 25 heavy (non-hydrogen) atoms. The van der Waals surface area contributed by atoms with Crippen molar-refractivity contribution in [1.82, 2.24) is 14.9 Å². The summed E-state index contributed by atoms with van der Waals surface area (Å²) in [6.07, 6.45) is 2.94. The van der Waals surface area contributed by atoms with Crippen molar-refractivity contribution in [2.24, 2.45) is 0 Å². The van der Waals surface area contributed by atoms with E-state index >= 15 is 0 Å². The largest absolute Gasteiger partial charge is 0.347 e. The van der Waals surface area contributed by atoms with E-state index in [0.717, 1.165) is 30.3 Å². The second-order valence-corrected chi connectivity index (χ2v) is 8.53. The van der Waals surface area contributed by atoms with Crippen molar-refractivity contribution in [2.75, 3.05) is 34.6 Å². The summed E-state index contributed by atoms with van der Waals surface area (Å²) in [6.45, 7) is 1.84. The fourth-order valence-electron chi connectivity index (χ4n) is 2.22. The number of anilines is 2. The summed E-state index contributed by atoms with van der Waals surface area (Å²) in [5.41, 5.74) is 0.748. The quantitative estimate of drug-likeness (QED) is 0.761. The Balaban J connectivity index is 1.66. The first-order valence-corrected chi connectivity index (χ1v) is 10.6. The molecule has 0 bridgehead atoms. The summed E-state index contributed by atoms with van der Waals surface area (Å²) >= 11 is 7.32. The van der Waals surface area contributed by atoms with Gasteiger partial charge >= 0.3 is 0 Å². The third-order valence-corrected chi connectivity index (χ3v) is 6.15. The zero-order chi connectivity index (χ0) is 17.7. The lowest BCUT2D eigenvalue weighted by molar-refractivity contribution is 0.470. The molecule has 0 saturated carbocycles. The Hall–Kier alpha value is -1.91. The van der Waals surface area contributed by atoms with Crippen LogP contribution >= 0.6 is 24.0 Å². The minimum Gasteiger partial charge on any atom is -0.347 e. The molecule has 0 unspecified atom stereocenters.